The lowest BCUT2D eigenvalue weighted by Crippen LogP contribution is -2.20. The lowest BCUT2D eigenvalue weighted by molar-refractivity contribution is -0.150. The fourth-order valence-corrected chi connectivity index (χ4v) is 3.71. The minimum atomic E-state index is -0.0249. The van der Waals surface area contributed by atoms with Crippen LogP contribution >= 0.6 is 0 Å². The zero-order valence-corrected chi connectivity index (χ0v) is 16.1. The number of unbranched alkanes of at least 4 members (excludes halogenated alkanes) is 5. The molecule has 0 aliphatic heterocycles. The number of hydrogen-bond donors (Lipinski definition) is 0. The van der Waals surface area contributed by atoms with Crippen LogP contribution in [0, 0.1) is 11.8 Å². The Kier molecular flexibility index (Phi) is 11.0. The molecule has 3 heteroatoms. The fraction of sp³-hybridized carbons (Fsp3) is 0.905. The Morgan fingerprint density at radius 2 is 1.75 bits per heavy atom. The van der Waals surface area contributed by atoms with E-state index in [9.17, 15) is 9.59 Å². The van der Waals surface area contributed by atoms with Crippen LogP contribution < -0.4 is 0 Å². The average Bonchev–Trinajstić information content (AvgIpc) is 2.87. The first-order chi connectivity index (χ1) is 11.6. The van der Waals surface area contributed by atoms with Crippen LogP contribution in [0.3, 0.4) is 0 Å². The number of ketones is 1. The molecule has 2 unspecified atom stereocenters. The van der Waals surface area contributed by atoms with Gasteiger partial charge in [-0.1, -0.05) is 52.9 Å². The molecule has 0 N–H and O–H groups in total. The van der Waals surface area contributed by atoms with Crippen LogP contribution in [-0.4, -0.2) is 17.9 Å². The van der Waals surface area contributed by atoms with Crippen LogP contribution in [0.2, 0.25) is 0 Å². The van der Waals surface area contributed by atoms with E-state index < -0.39 is 0 Å². The fourth-order valence-electron chi connectivity index (χ4n) is 3.71. The first-order valence-corrected chi connectivity index (χ1v) is 10.3. The summed E-state index contributed by atoms with van der Waals surface area (Å²) < 4.78 is 5.78. The van der Waals surface area contributed by atoms with Crippen molar-refractivity contribution >= 4 is 11.8 Å². The van der Waals surface area contributed by atoms with Crippen molar-refractivity contribution in [1.82, 2.24) is 0 Å². The van der Waals surface area contributed by atoms with Crippen LogP contribution in [0.4, 0.5) is 0 Å². The molecule has 3 atom stereocenters. The topological polar surface area (TPSA) is 43.4 Å². The van der Waals surface area contributed by atoms with Gasteiger partial charge in [0.1, 0.15) is 11.9 Å². The predicted octanol–water partition coefficient (Wildman–Crippen LogP) is 5.84. The molecule has 1 aliphatic carbocycles. The Balaban J connectivity index is 2.35. The first-order valence-electron chi connectivity index (χ1n) is 10.3. The van der Waals surface area contributed by atoms with Crippen LogP contribution in [0.1, 0.15) is 104 Å². The van der Waals surface area contributed by atoms with Gasteiger partial charge in [0, 0.05) is 19.3 Å². The van der Waals surface area contributed by atoms with E-state index in [-0.39, 0.29) is 12.1 Å². The van der Waals surface area contributed by atoms with Gasteiger partial charge in [-0.25, -0.2) is 0 Å². The van der Waals surface area contributed by atoms with E-state index >= 15 is 0 Å². The summed E-state index contributed by atoms with van der Waals surface area (Å²) in [5, 5.41) is 0. The predicted molar refractivity (Wildman–Crippen MR) is 98.9 cm³/mol. The lowest BCUT2D eigenvalue weighted by atomic mass is 9.91. The highest BCUT2D eigenvalue weighted by molar-refractivity contribution is 5.81. The third kappa shape index (κ3) is 8.84. The number of ether oxygens (including phenoxy) is 1. The summed E-state index contributed by atoms with van der Waals surface area (Å²) in [4.78, 5) is 23.7. The minimum Gasteiger partial charge on any atom is -0.462 e. The maximum atomic E-state index is 12.1. The molecule has 0 aromatic carbocycles. The third-order valence-electron chi connectivity index (χ3n) is 5.37. The quantitative estimate of drug-likeness (QED) is 0.313. The Morgan fingerprint density at radius 3 is 2.38 bits per heavy atom. The Bertz CT molecular complexity index is 364. The van der Waals surface area contributed by atoms with E-state index in [1.807, 2.05) is 0 Å². The van der Waals surface area contributed by atoms with E-state index in [4.69, 9.17) is 4.74 Å². The normalized spacial score (nSPS) is 21.9. The van der Waals surface area contributed by atoms with Gasteiger partial charge in [0.25, 0.3) is 0 Å². The zero-order chi connectivity index (χ0) is 17.8. The van der Waals surface area contributed by atoms with Gasteiger partial charge in [-0.05, 0) is 43.9 Å². The van der Waals surface area contributed by atoms with E-state index in [1.165, 1.54) is 25.7 Å². The Labute approximate surface area is 148 Å². The van der Waals surface area contributed by atoms with Crippen LogP contribution in [0.5, 0.6) is 0 Å². The molecule has 1 aliphatic rings. The molecule has 0 aromatic rings. The number of rotatable bonds is 13. The molecule has 3 nitrogen and oxygen atoms in total. The minimum absolute atomic E-state index is 0.0249. The molecular formula is C21H38O3. The maximum absolute atomic E-state index is 12.1. The van der Waals surface area contributed by atoms with E-state index in [0.717, 1.165) is 51.4 Å². The lowest BCUT2D eigenvalue weighted by Gasteiger charge is -2.21. The summed E-state index contributed by atoms with van der Waals surface area (Å²) in [7, 11) is 0. The first kappa shape index (κ1) is 21.2. The number of carbonyl (C=O) groups excluding carboxylic acids is 2. The summed E-state index contributed by atoms with van der Waals surface area (Å²) in [6.07, 6.45) is 13.0. The molecule has 0 spiro atoms. The second kappa shape index (κ2) is 12.5. The smallest absolute Gasteiger partial charge is 0.306 e. The van der Waals surface area contributed by atoms with Gasteiger partial charge < -0.3 is 4.74 Å². The Hall–Kier alpha value is -0.860. The van der Waals surface area contributed by atoms with Crippen LogP contribution in [0.25, 0.3) is 0 Å². The molecular weight excluding hydrogens is 300 g/mol. The summed E-state index contributed by atoms with van der Waals surface area (Å²) >= 11 is 0. The highest BCUT2D eigenvalue weighted by atomic mass is 16.5. The van der Waals surface area contributed by atoms with Gasteiger partial charge in [0.05, 0.1) is 0 Å². The molecule has 1 saturated carbocycles. The van der Waals surface area contributed by atoms with E-state index in [1.54, 1.807) is 0 Å². The van der Waals surface area contributed by atoms with Gasteiger partial charge in [-0.2, -0.15) is 0 Å². The monoisotopic (exact) mass is 338 g/mol. The van der Waals surface area contributed by atoms with E-state index in [0.29, 0.717) is 24.0 Å². The molecule has 140 valence electrons. The molecule has 0 amide bonds. The van der Waals surface area contributed by atoms with Gasteiger partial charge in [0.2, 0.25) is 0 Å². The van der Waals surface area contributed by atoms with Crippen molar-refractivity contribution in [2.45, 2.75) is 110 Å². The van der Waals surface area contributed by atoms with Crippen molar-refractivity contribution in [3.63, 3.8) is 0 Å². The molecule has 0 aromatic heterocycles. The molecule has 0 heterocycles. The number of Topliss-reactive ketones (excluding diaryl/α,β-unsaturated/α-hetero) is 1. The van der Waals surface area contributed by atoms with Gasteiger partial charge in [-0.3, -0.25) is 9.59 Å². The number of hydrogen-bond acceptors (Lipinski definition) is 3. The summed E-state index contributed by atoms with van der Waals surface area (Å²) in [6, 6.07) is 0. The average molecular weight is 339 g/mol. The van der Waals surface area contributed by atoms with Crippen molar-refractivity contribution in [2.24, 2.45) is 11.8 Å². The number of carbonyl (C=O) groups is 2. The van der Waals surface area contributed by atoms with Crippen molar-refractivity contribution < 1.29 is 14.3 Å². The van der Waals surface area contributed by atoms with Crippen LogP contribution in [-0.2, 0) is 14.3 Å². The molecule has 0 saturated heterocycles. The summed E-state index contributed by atoms with van der Waals surface area (Å²) in [6.45, 7) is 6.55. The largest absolute Gasteiger partial charge is 0.462 e. The maximum Gasteiger partial charge on any atom is 0.306 e. The highest BCUT2D eigenvalue weighted by Gasteiger charge is 2.30. The summed E-state index contributed by atoms with van der Waals surface area (Å²) in [5.41, 5.74) is 0. The highest BCUT2D eigenvalue weighted by Crippen LogP contribution is 2.33. The number of esters is 1. The molecule has 0 radical (unpaired) electrons. The van der Waals surface area contributed by atoms with E-state index in [2.05, 4.69) is 20.8 Å². The standard InChI is InChI=1S/C21H38O3/c1-4-6-8-10-12-21(23)24-20(11-9-7-5-2)14-13-18-16-19(22)15-17(18)3/h17-18,20H,4-16H2,1-3H3/t17?,18?,20-/m1/s1. The van der Waals surface area contributed by atoms with Crippen molar-refractivity contribution in [1.29, 1.82) is 0 Å². The van der Waals surface area contributed by atoms with Crippen molar-refractivity contribution in [3.05, 3.63) is 0 Å². The van der Waals surface area contributed by atoms with Crippen LogP contribution in [0.15, 0.2) is 0 Å². The molecule has 0 bridgehead atoms. The summed E-state index contributed by atoms with van der Waals surface area (Å²) in [5.74, 6) is 1.37. The molecule has 24 heavy (non-hydrogen) atoms. The third-order valence-corrected chi connectivity index (χ3v) is 5.37. The molecule has 1 fully saturated rings. The second-order valence-corrected chi connectivity index (χ2v) is 7.68. The van der Waals surface area contributed by atoms with Gasteiger partial charge in [-0.15, -0.1) is 0 Å². The SMILES string of the molecule is CCCCCCC(=O)O[C@H](CCCCC)CCC1CC(=O)CC1C. The van der Waals surface area contributed by atoms with Gasteiger partial charge in [0.15, 0.2) is 0 Å². The Morgan fingerprint density at radius 1 is 1.04 bits per heavy atom. The van der Waals surface area contributed by atoms with Crippen molar-refractivity contribution in [3.8, 4) is 0 Å². The van der Waals surface area contributed by atoms with Crippen molar-refractivity contribution in [2.75, 3.05) is 0 Å². The zero-order valence-electron chi connectivity index (χ0n) is 16.1. The van der Waals surface area contributed by atoms with Gasteiger partial charge >= 0.3 is 5.97 Å². The second-order valence-electron chi connectivity index (χ2n) is 7.68. The molecule has 1 rings (SSSR count).